The van der Waals surface area contributed by atoms with E-state index in [0.29, 0.717) is 11.1 Å². The molecule has 1 heterocycles. The maximum Gasteiger partial charge on any atom is 0.262 e. The highest BCUT2D eigenvalue weighted by molar-refractivity contribution is 9.10. The molecule has 0 saturated heterocycles. The predicted molar refractivity (Wildman–Crippen MR) is 92.1 cm³/mol. The van der Waals surface area contributed by atoms with Crippen LogP contribution in [-0.2, 0) is 0 Å². The van der Waals surface area contributed by atoms with Crippen molar-refractivity contribution in [2.75, 3.05) is 11.9 Å². The molecule has 0 aliphatic rings. The first kappa shape index (κ1) is 17.6. The van der Waals surface area contributed by atoms with Crippen molar-refractivity contribution in [3.63, 3.8) is 0 Å². The second-order valence-electron chi connectivity index (χ2n) is 4.98. The van der Waals surface area contributed by atoms with Crippen molar-refractivity contribution in [2.45, 2.75) is 0 Å². The van der Waals surface area contributed by atoms with Crippen LogP contribution in [0.3, 0.4) is 0 Å². The molecule has 0 atom stereocenters. The fourth-order valence-electron chi connectivity index (χ4n) is 2.02. The topological polar surface area (TPSA) is 46.1 Å². The van der Waals surface area contributed by atoms with Crippen LogP contribution in [0, 0.1) is 17.5 Å². The van der Waals surface area contributed by atoms with Crippen LogP contribution in [0.4, 0.5) is 18.3 Å². The lowest BCUT2D eigenvalue weighted by atomic mass is 10.2. The highest BCUT2D eigenvalue weighted by Crippen LogP contribution is 2.30. The Kier molecular flexibility index (Phi) is 4.87. The van der Waals surface area contributed by atoms with Crippen LogP contribution in [-0.4, -0.2) is 23.2 Å². The molecule has 9 heteroatoms. The van der Waals surface area contributed by atoms with E-state index in [9.17, 15) is 18.0 Å². The average molecular weight is 428 g/mol. The Labute approximate surface area is 153 Å². The van der Waals surface area contributed by atoms with Gasteiger partial charge in [-0.1, -0.05) is 39.4 Å². The molecule has 0 aliphatic carbocycles. The van der Waals surface area contributed by atoms with Gasteiger partial charge in [0.25, 0.3) is 5.91 Å². The number of rotatable bonds is 3. The molecule has 4 nitrogen and oxygen atoms in total. The van der Waals surface area contributed by atoms with E-state index in [4.69, 9.17) is 0 Å². The SMILES string of the molecule is CN(C(=O)c1ccc(F)c(F)c1F)c1nnc(-c2ccc(Br)cc2)s1. The zero-order valence-electron chi connectivity index (χ0n) is 12.6. The largest absolute Gasteiger partial charge is 0.286 e. The lowest BCUT2D eigenvalue weighted by Gasteiger charge is -2.13. The van der Waals surface area contributed by atoms with Crippen molar-refractivity contribution in [3.05, 3.63) is 63.9 Å². The minimum absolute atomic E-state index is 0.201. The third kappa shape index (κ3) is 3.42. The van der Waals surface area contributed by atoms with Gasteiger partial charge in [0.05, 0.1) is 5.56 Å². The highest BCUT2D eigenvalue weighted by Gasteiger charge is 2.24. The Balaban J connectivity index is 1.89. The maximum absolute atomic E-state index is 13.8. The van der Waals surface area contributed by atoms with Crippen LogP contribution in [0.25, 0.3) is 10.6 Å². The Morgan fingerprint density at radius 3 is 2.40 bits per heavy atom. The van der Waals surface area contributed by atoms with Crippen LogP contribution in [0.15, 0.2) is 40.9 Å². The van der Waals surface area contributed by atoms with Crippen molar-refractivity contribution < 1.29 is 18.0 Å². The lowest BCUT2D eigenvalue weighted by Crippen LogP contribution is -2.27. The number of amides is 1. The second-order valence-corrected chi connectivity index (χ2v) is 6.86. The zero-order valence-corrected chi connectivity index (χ0v) is 15.0. The van der Waals surface area contributed by atoms with Crippen LogP contribution in [0.5, 0.6) is 0 Å². The molecule has 1 aromatic heterocycles. The van der Waals surface area contributed by atoms with Gasteiger partial charge < -0.3 is 0 Å². The summed E-state index contributed by atoms with van der Waals surface area (Å²) < 4.78 is 41.0. The van der Waals surface area contributed by atoms with E-state index in [2.05, 4.69) is 26.1 Å². The molecule has 0 aliphatic heterocycles. The van der Waals surface area contributed by atoms with Crippen LogP contribution < -0.4 is 4.90 Å². The Hall–Kier alpha value is -2.26. The molecule has 0 radical (unpaired) electrons. The molecule has 1 amide bonds. The van der Waals surface area contributed by atoms with Gasteiger partial charge in [0.1, 0.15) is 5.01 Å². The average Bonchev–Trinajstić information content (AvgIpc) is 3.09. The van der Waals surface area contributed by atoms with Gasteiger partial charge in [0.15, 0.2) is 17.5 Å². The summed E-state index contributed by atoms with van der Waals surface area (Å²) in [6.07, 6.45) is 0. The quantitative estimate of drug-likeness (QED) is 0.571. The maximum atomic E-state index is 13.8. The number of benzene rings is 2. The Bertz CT molecular complexity index is 946. The van der Waals surface area contributed by atoms with Gasteiger partial charge in [-0.3, -0.25) is 9.69 Å². The number of carbonyl (C=O) groups is 1. The number of aromatic nitrogens is 2. The molecule has 0 spiro atoms. The number of hydrogen-bond donors (Lipinski definition) is 0. The number of carbonyl (C=O) groups excluding carboxylic acids is 1. The standard InChI is InChI=1S/C16H9BrF3N3OS/c1-23(15(24)10-6-7-11(18)13(20)12(10)19)16-22-21-14(25-16)8-2-4-9(17)5-3-8/h2-7H,1H3. The van der Waals surface area contributed by atoms with E-state index in [1.54, 1.807) is 0 Å². The summed E-state index contributed by atoms with van der Waals surface area (Å²) in [5, 5.41) is 8.67. The van der Waals surface area contributed by atoms with Gasteiger partial charge in [0.2, 0.25) is 5.13 Å². The van der Waals surface area contributed by atoms with E-state index < -0.39 is 28.9 Å². The lowest BCUT2D eigenvalue weighted by molar-refractivity contribution is 0.0987. The molecule has 0 unspecified atom stereocenters. The molecule has 25 heavy (non-hydrogen) atoms. The minimum Gasteiger partial charge on any atom is -0.286 e. The van der Waals surface area contributed by atoms with Crippen LogP contribution in [0.2, 0.25) is 0 Å². The predicted octanol–water partition coefficient (Wildman–Crippen LogP) is 4.66. The van der Waals surface area contributed by atoms with Crippen molar-refractivity contribution in [1.29, 1.82) is 0 Å². The molecule has 0 bridgehead atoms. The number of nitrogens with zero attached hydrogens (tertiary/aromatic N) is 3. The third-order valence-corrected chi connectivity index (χ3v) is 4.94. The van der Waals surface area contributed by atoms with E-state index in [1.807, 2.05) is 24.3 Å². The number of halogens is 4. The van der Waals surface area contributed by atoms with E-state index in [0.717, 1.165) is 32.3 Å². The fourth-order valence-corrected chi connectivity index (χ4v) is 3.09. The summed E-state index contributed by atoms with van der Waals surface area (Å²) in [7, 11) is 1.36. The van der Waals surface area contributed by atoms with Gasteiger partial charge >= 0.3 is 0 Å². The van der Waals surface area contributed by atoms with E-state index in [-0.39, 0.29) is 5.13 Å². The fraction of sp³-hybridized carbons (Fsp3) is 0.0625. The molecule has 0 N–H and O–H groups in total. The molecule has 0 fully saturated rings. The molecular formula is C16H9BrF3N3OS. The summed E-state index contributed by atoms with van der Waals surface area (Å²) >= 11 is 4.44. The van der Waals surface area contributed by atoms with Crippen LogP contribution >= 0.6 is 27.3 Å². The Morgan fingerprint density at radius 1 is 1.04 bits per heavy atom. The monoisotopic (exact) mass is 427 g/mol. The molecule has 3 aromatic rings. The molecule has 2 aromatic carbocycles. The Morgan fingerprint density at radius 2 is 1.72 bits per heavy atom. The van der Waals surface area contributed by atoms with Crippen molar-refractivity contribution in [1.82, 2.24) is 10.2 Å². The zero-order chi connectivity index (χ0) is 18.1. The molecule has 0 saturated carbocycles. The number of anilines is 1. The first-order valence-corrected chi connectivity index (χ1v) is 8.50. The van der Waals surface area contributed by atoms with Crippen molar-refractivity contribution in [2.24, 2.45) is 0 Å². The normalized spacial score (nSPS) is 10.8. The molecule has 3 rings (SSSR count). The summed E-state index contributed by atoms with van der Waals surface area (Å²) in [4.78, 5) is 13.4. The summed E-state index contributed by atoms with van der Waals surface area (Å²) in [5.74, 6) is -5.43. The first-order valence-electron chi connectivity index (χ1n) is 6.89. The van der Waals surface area contributed by atoms with Gasteiger partial charge in [-0.15, -0.1) is 10.2 Å². The van der Waals surface area contributed by atoms with E-state index in [1.165, 1.54) is 7.05 Å². The van der Waals surface area contributed by atoms with Crippen molar-refractivity contribution >= 4 is 38.3 Å². The summed E-state index contributed by atoms with van der Waals surface area (Å²) in [6, 6.07) is 8.91. The van der Waals surface area contributed by atoms with E-state index >= 15 is 0 Å². The van der Waals surface area contributed by atoms with Gasteiger partial charge in [-0.25, -0.2) is 13.2 Å². The van der Waals surface area contributed by atoms with Crippen LogP contribution in [0.1, 0.15) is 10.4 Å². The first-order chi connectivity index (χ1) is 11.9. The summed E-state index contributed by atoms with van der Waals surface area (Å²) in [6.45, 7) is 0. The smallest absolute Gasteiger partial charge is 0.262 e. The third-order valence-electron chi connectivity index (χ3n) is 3.36. The summed E-state index contributed by atoms with van der Waals surface area (Å²) in [5.41, 5.74) is 0.216. The van der Waals surface area contributed by atoms with Gasteiger partial charge in [-0.05, 0) is 24.3 Å². The minimum atomic E-state index is -1.69. The van der Waals surface area contributed by atoms with Crippen molar-refractivity contribution in [3.8, 4) is 10.6 Å². The molecule has 128 valence electrons. The second kappa shape index (κ2) is 6.93. The van der Waals surface area contributed by atoms with Gasteiger partial charge in [0, 0.05) is 17.1 Å². The number of hydrogen-bond acceptors (Lipinski definition) is 4. The highest BCUT2D eigenvalue weighted by atomic mass is 79.9. The van der Waals surface area contributed by atoms with Gasteiger partial charge in [-0.2, -0.15) is 0 Å². The molecular weight excluding hydrogens is 419 g/mol.